The summed E-state index contributed by atoms with van der Waals surface area (Å²) in [5.41, 5.74) is -1.28. The molecule has 1 atom stereocenters. The Balaban J connectivity index is 1.88. The van der Waals surface area contributed by atoms with Gasteiger partial charge in [0, 0.05) is 31.5 Å². The van der Waals surface area contributed by atoms with Crippen molar-refractivity contribution in [2.45, 2.75) is 18.4 Å². The van der Waals surface area contributed by atoms with Crippen LogP contribution in [0.4, 0.5) is 4.79 Å². The maximum absolute atomic E-state index is 12.1. The van der Waals surface area contributed by atoms with Crippen LogP contribution in [0, 0.1) is 0 Å². The number of hydrogen-bond acceptors (Lipinski definition) is 4. The number of ether oxygens (including phenoxy) is 1. The fraction of sp³-hybridized carbons (Fsp3) is 0.538. The average molecular weight is 298 g/mol. The van der Waals surface area contributed by atoms with Gasteiger partial charge in [-0.1, -0.05) is 6.07 Å². The summed E-state index contributed by atoms with van der Waals surface area (Å²) in [4.78, 5) is 26.1. The van der Waals surface area contributed by atoms with Crippen molar-refractivity contribution in [2.75, 3.05) is 26.8 Å². The fourth-order valence-corrected chi connectivity index (χ4v) is 2.72. The number of hydrogen-bond donors (Lipinski definition) is 2. The lowest BCUT2D eigenvalue weighted by Crippen LogP contribution is -2.58. The molecule has 1 aliphatic rings. The first kappa shape index (κ1) is 14.8. The van der Waals surface area contributed by atoms with Gasteiger partial charge in [-0.05, 0) is 17.9 Å². The summed E-state index contributed by atoms with van der Waals surface area (Å²) in [5.74, 6) is -1.05. The highest BCUT2D eigenvalue weighted by Crippen LogP contribution is 2.19. The van der Waals surface area contributed by atoms with Crippen LogP contribution in [0.1, 0.15) is 11.3 Å². The van der Waals surface area contributed by atoms with Crippen molar-refractivity contribution < 1.29 is 19.4 Å². The Labute approximate surface area is 121 Å². The zero-order valence-electron chi connectivity index (χ0n) is 11.3. The molecule has 2 amide bonds. The van der Waals surface area contributed by atoms with E-state index in [1.807, 2.05) is 17.5 Å². The molecule has 20 heavy (non-hydrogen) atoms. The fourth-order valence-electron chi connectivity index (χ4n) is 2.02. The number of nitrogens with zero attached hydrogens (tertiary/aromatic N) is 1. The molecule has 110 valence electrons. The van der Waals surface area contributed by atoms with Crippen molar-refractivity contribution in [1.29, 1.82) is 0 Å². The van der Waals surface area contributed by atoms with Gasteiger partial charge in [-0.15, -0.1) is 11.3 Å². The number of nitrogens with one attached hydrogen (secondary N) is 1. The van der Waals surface area contributed by atoms with Crippen LogP contribution in [0.5, 0.6) is 0 Å². The van der Waals surface area contributed by atoms with E-state index in [0.29, 0.717) is 19.6 Å². The number of rotatable bonds is 5. The molecule has 0 bridgehead atoms. The first-order valence-corrected chi connectivity index (χ1v) is 7.28. The lowest BCUT2D eigenvalue weighted by atomic mass is 9.99. The maximum atomic E-state index is 12.1. The van der Waals surface area contributed by atoms with Crippen molar-refractivity contribution in [3.05, 3.63) is 22.4 Å². The van der Waals surface area contributed by atoms with Gasteiger partial charge in [-0.2, -0.15) is 0 Å². The molecule has 0 aromatic carbocycles. The van der Waals surface area contributed by atoms with Crippen LogP contribution in [0.25, 0.3) is 0 Å². The zero-order valence-corrected chi connectivity index (χ0v) is 12.1. The monoisotopic (exact) mass is 298 g/mol. The van der Waals surface area contributed by atoms with Crippen LogP contribution >= 0.6 is 11.3 Å². The van der Waals surface area contributed by atoms with Crippen molar-refractivity contribution >= 4 is 23.3 Å². The molecule has 2 rings (SSSR count). The zero-order chi connectivity index (χ0) is 14.6. The molecule has 1 unspecified atom stereocenters. The van der Waals surface area contributed by atoms with E-state index < -0.39 is 11.5 Å². The number of carbonyl (C=O) groups is 2. The highest BCUT2D eigenvalue weighted by atomic mass is 32.1. The Morgan fingerprint density at radius 1 is 1.60 bits per heavy atom. The first-order chi connectivity index (χ1) is 9.53. The van der Waals surface area contributed by atoms with Crippen molar-refractivity contribution in [2.24, 2.45) is 0 Å². The molecule has 7 heteroatoms. The van der Waals surface area contributed by atoms with Crippen LogP contribution in [0.3, 0.4) is 0 Å². The molecule has 2 N–H and O–H groups in total. The van der Waals surface area contributed by atoms with Gasteiger partial charge in [-0.3, -0.25) is 0 Å². The molecule has 0 saturated carbocycles. The van der Waals surface area contributed by atoms with Crippen LogP contribution in [-0.4, -0.2) is 54.4 Å². The summed E-state index contributed by atoms with van der Waals surface area (Å²) >= 11 is 1.64. The lowest BCUT2D eigenvalue weighted by molar-refractivity contribution is -0.144. The number of aliphatic carboxylic acids is 1. The average Bonchev–Trinajstić information content (AvgIpc) is 3.07. The smallest absolute Gasteiger partial charge is 0.332 e. The number of thiophene rings is 1. The van der Waals surface area contributed by atoms with Gasteiger partial charge in [0.2, 0.25) is 0 Å². The number of carboxylic acid groups (broad SMARTS) is 1. The molecular formula is C13H18N2O4S. The summed E-state index contributed by atoms with van der Waals surface area (Å²) in [7, 11) is 1.66. The molecule has 1 aromatic heterocycles. The van der Waals surface area contributed by atoms with Gasteiger partial charge in [0.15, 0.2) is 5.54 Å². The van der Waals surface area contributed by atoms with E-state index in [-0.39, 0.29) is 12.6 Å². The van der Waals surface area contributed by atoms with E-state index >= 15 is 0 Å². The van der Waals surface area contributed by atoms with Crippen LogP contribution < -0.4 is 5.32 Å². The summed E-state index contributed by atoms with van der Waals surface area (Å²) in [6.07, 6.45) is 1.06. The van der Waals surface area contributed by atoms with Gasteiger partial charge in [0.05, 0.1) is 6.61 Å². The third-order valence-electron chi connectivity index (χ3n) is 3.40. The molecule has 1 aromatic rings. The minimum absolute atomic E-state index is 0.0207. The van der Waals surface area contributed by atoms with Crippen LogP contribution in [0.2, 0.25) is 0 Å². The molecule has 1 aliphatic heterocycles. The quantitative estimate of drug-likeness (QED) is 0.855. The lowest BCUT2D eigenvalue weighted by Gasteiger charge is -2.27. The van der Waals surface area contributed by atoms with Gasteiger partial charge in [0.1, 0.15) is 0 Å². The molecule has 2 heterocycles. The summed E-state index contributed by atoms with van der Waals surface area (Å²) in [6.45, 7) is 0.918. The van der Waals surface area contributed by atoms with E-state index in [2.05, 4.69) is 5.32 Å². The molecule has 0 aliphatic carbocycles. The van der Waals surface area contributed by atoms with Crippen molar-refractivity contribution in [3.63, 3.8) is 0 Å². The third-order valence-corrected chi connectivity index (χ3v) is 4.33. The van der Waals surface area contributed by atoms with Gasteiger partial charge < -0.3 is 20.1 Å². The van der Waals surface area contributed by atoms with Gasteiger partial charge in [-0.25, -0.2) is 9.59 Å². The van der Waals surface area contributed by atoms with Gasteiger partial charge in [0.25, 0.3) is 0 Å². The number of likely N-dealkylation sites (N-methyl/N-ethyl adjacent to an activating group) is 1. The maximum Gasteiger partial charge on any atom is 0.332 e. The number of carbonyl (C=O) groups excluding carboxylic acids is 1. The number of amides is 2. The predicted octanol–water partition coefficient (Wildman–Crippen LogP) is 1.18. The third kappa shape index (κ3) is 3.29. The minimum atomic E-state index is -1.28. The Morgan fingerprint density at radius 2 is 2.40 bits per heavy atom. The van der Waals surface area contributed by atoms with Crippen LogP contribution in [0.15, 0.2) is 17.5 Å². The molecule has 0 spiro atoms. The largest absolute Gasteiger partial charge is 0.479 e. The Bertz CT molecular complexity index is 469. The normalized spacial score (nSPS) is 21.6. The highest BCUT2D eigenvalue weighted by Gasteiger charge is 2.44. The first-order valence-electron chi connectivity index (χ1n) is 6.40. The van der Waals surface area contributed by atoms with Crippen molar-refractivity contribution in [1.82, 2.24) is 10.2 Å². The highest BCUT2D eigenvalue weighted by molar-refractivity contribution is 7.09. The molecule has 0 radical (unpaired) electrons. The summed E-state index contributed by atoms with van der Waals surface area (Å²) in [6, 6.07) is 3.60. The van der Waals surface area contributed by atoms with Gasteiger partial charge >= 0.3 is 12.0 Å². The predicted molar refractivity (Wildman–Crippen MR) is 75.0 cm³/mol. The second-order valence-corrected chi connectivity index (χ2v) is 5.90. The Hall–Kier alpha value is -1.60. The minimum Gasteiger partial charge on any atom is -0.479 e. The number of urea groups is 1. The van der Waals surface area contributed by atoms with E-state index in [4.69, 9.17) is 4.74 Å². The van der Waals surface area contributed by atoms with Crippen molar-refractivity contribution in [3.8, 4) is 0 Å². The SMILES string of the molecule is CN(CCc1cccs1)C(=O)NC1(C(=O)O)CCOC1. The summed E-state index contributed by atoms with van der Waals surface area (Å²) < 4.78 is 5.11. The molecule has 1 fully saturated rings. The Kier molecular flexibility index (Phi) is 4.61. The van der Waals surface area contributed by atoms with Crippen LogP contribution in [-0.2, 0) is 16.0 Å². The molecule has 1 saturated heterocycles. The Morgan fingerprint density at radius 3 is 2.95 bits per heavy atom. The second-order valence-electron chi connectivity index (χ2n) is 4.87. The van der Waals surface area contributed by atoms with E-state index in [0.717, 1.165) is 6.42 Å². The number of carboxylic acids is 1. The standard InChI is InChI=1S/C13H18N2O4S/c1-15(6-4-10-3-2-8-20-10)12(18)14-13(11(16)17)5-7-19-9-13/h2-3,8H,4-7,9H2,1H3,(H,14,18)(H,16,17). The second kappa shape index (κ2) is 6.23. The van der Waals surface area contributed by atoms with E-state index in [9.17, 15) is 14.7 Å². The summed E-state index contributed by atoms with van der Waals surface area (Å²) in [5, 5.41) is 13.8. The van der Waals surface area contributed by atoms with E-state index in [1.165, 1.54) is 9.78 Å². The van der Waals surface area contributed by atoms with E-state index in [1.54, 1.807) is 18.4 Å². The molecule has 6 nitrogen and oxygen atoms in total. The molecular weight excluding hydrogens is 280 g/mol. The topological polar surface area (TPSA) is 78.9 Å².